The van der Waals surface area contributed by atoms with E-state index in [9.17, 15) is 9.59 Å². The summed E-state index contributed by atoms with van der Waals surface area (Å²) in [6.45, 7) is 4.08. The molecular weight excluding hydrogens is 335 g/mol. The second-order valence-electron chi connectivity index (χ2n) is 3.86. The maximum absolute atomic E-state index is 11.7. The number of halogens is 2. The molecule has 1 rings (SSSR count). The molecule has 0 spiro atoms. The molecule has 114 valence electrons. The molecule has 0 saturated carbocycles. The second kappa shape index (κ2) is 8.81. The molecule has 0 aliphatic heterocycles. The van der Waals surface area contributed by atoms with Gasteiger partial charge in [-0.05, 0) is 12.1 Å². The number of carboxylic acids is 1. The molecule has 0 bridgehead atoms. The lowest BCUT2D eigenvalue weighted by molar-refractivity contribution is 0.0697. The zero-order valence-electron chi connectivity index (χ0n) is 11.0. The van der Waals surface area contributed by atoms with Gasteiger partial charge in [0, 0.05) is 18.1 Å². The number of amides is 2. The number of carbonyl (C=O) groups excluding carboxylic acids is 1. The highest BCUT2D eigenvalue weighted by Crippen LogP contribution is 2.31. The molecule has 0 unspecified atom stereocenters. The molecule has 0 heterocycles. The Morgan fingerprint density at radius 2 is 1.95 bits per heavy atom. The SMILES string of the molecule is C=CCSCCNC(=O)Nc1c(Cl)cc(C(=O)O)cc1Cl. The summed E-state index contributed by atoms with van der Waals surface area (Å²) >= 11 is 13.5. The summed E-state index contributed by atoms with van der Waals surface area (Å²) in [7, 11) is 0. The summed E-state index contributed by atoms with van der Waals surface area (Å²) in [5.41, 5.74) is 0.136. The third-order valence-electron chi connectivity index (χ3n) is 2.30. The molecule has 3 N–H and O–H groups in total. The van der Waals surface area contributed by atoms with E-state index < -0.39 is 12.0 Å². The van der Waals surface area contributed by atoms with Crippen molar-refractivity contribution in [2.75, 3.05) is 23.4 Å². The Morgan fingerprint density at radius 3 is 2.48 bits per heavy atom. The zero-order chi connectivity index (χ0) is 15.8. The number of carboxylic acid groups (broad SMARTS) is 1. The van der Waals surface area contributed by atoms with Gasteiger partial charge in [0.2, 0.25) is 0 Å². The number of thioether (sulfide) groups is 1. The van der Waals surface area contributed by atoms with Crippen LogP contribution in [0.15, 0.2) is 24.8 Å². The lowest BCUT2D eigenvalue weighted by Gasteiger charge is -2.11. The Morgan fingerprint density at radius 1 is 1.33 bits per heavy atom. The van der Waals surface area contributed by atoms with Crippen LogP contribution in [0, 0.1) is 0 Å². The van der Waals surface area contributed by atoms with Gasteiger partial charge in [0.05, 0.1) is 21.3 Å². The molecule has 0 saturated heterocycles. The highest BCUT2D eigenvalue weighted by molar-refractivity contribution is 7.99. The Labute approximate surface area is 136 Å². The van der Waals surface area contributed by atoms with Crippen molar-refractivity contribution in [2.24, 2.45) is 0 Å². The minimum atomic E-state index is -1.14. The zero-order valence-corrected chi connectivity index (χ0v) is 13.3. The number of carbonyl (C=O) groups is 2. The number of aromatic carboxylic acids is 1. The largest absolute Gasteiger partial charge is 0.478 e. The van der Waals surface area contributed by atoms with Crippen LogP contribution in [0.2, 0.25) is 10.0 Å². The molecule has 0 fully saturated rings. The van der Waals surface area contributed by atoms with Gasteiger partial charge >= 0.3 is 12.0 Å². The van der Waals surface area contributed by atoms with Gasteiger partial charge in [-0.15, -0.1) is 6.58 Å². The van der Waals surface area contributed by atoms with Crippen LogP contribution in [0.5, 0.6) is 0 Å². The maximum atomic E-state index is 11.7. The lowest BCUT2D eigenvalue weighted by atomic mass is 10.2. The van der Waals surface area contributed by atoms with E-state index in [0.29, 0.717) is 6.54 Å². The van der Waals surface area contributed by atoms with Crippen LogP contribution in [0.25, 0.3) is 0 Å². The smallest absolute Gasteiger partial charge is 0.335 e. The van der Waals surface area contributed by atoms with Gasteiger partial charge in [-0.2, -0.15) is 11.8 Å². The van der Waals surface area contributed by atoms with Gasteiger partial charge < -0.3 is 15.7 Å². The van der Waals surface area contributed by atoms with E-state index >= 15 is 0 Å². The first-order chi connectivity index (χ1) is 9.95. The fourth-order valence-corrected chi connectivity index (χ4v) is 2.54. The number of hydrogen-bond acceptors (Lipinski definition) is 3. The Bertz CT molecular complexity index is 529. The monoisotopic (exact) mass is 348 g/mol. The summed E-state index contributed by atoms with van der Waals surface area (Å²) in [6, 6.07) is 2.00. The number of urea groups is 1. The van der Waals surface area contributed by atoms with Gasteiger partial charge in [0.1, 0.15) is 0 Å². The summed E-state index contributed by atoms with van der Waals surface area (Å²) in [5, 5.41) is 14.1. The van der Waals surface area contributed by atoms with Gasteiger partial charge in [-0.1, -0.05) is 29.3 Å². The van der Waals surface area contributed by atoms with Crippen molar-refractivity contribution in [3.63, 3.8) is 0 Å². The number of hydrogen-bond donors (Lipinski definition) is 3. The van der Waals surface area contributed by atoms with Crippen LogP contribution in [0.4, 0.5) is 10.5 Å². The van der Waals surface area contributed by atoms with Gasteiger partial charge in [0.25, 0.3) is 0 Å². The Hall–Kier alpha value is -1.37. The number of nitrogens with one attached hydrogen (secondary N) is 2. The van der Waals surface area contributed by atoms with Crippen molar-refractivity contribution in [1.82, 2.24) is 5.32 Å². The summed E-state index contributed by atoms with van der Waals surface area (Å²) in [4.78, 5) is 22.5. The fraction of sp³-hybridized carbons (Fsp3) is 0.231. The van der Waals surface area contributed by atoms with Crippen molar-refractivity contribution in [2.45, 2.75) is 0 Å². The molecule has 1 aromatic rings. The van der Waals surface area contributed by atoms with Gasteiger partial charge in [0.15, 0.2) is 0 Å². The topological polar surface area (TPSA) is 78.4 Å². The van der Waals surface area contributed by atoms with Crippen molar-refractivity contribution in [1.29, 1.82) is 0 Å². The van der Waals surface area contributed by atoms with Crippen molar-refractivity contribution in [3.05, 3.63) is 40.4 Å². The highest BCUT2D eigenvalue weighted by Gasteiger charge is 2.14. The number of anilines is 1. The van der Waals surface area contributed by atoms with Crippen LogP contribution in [0.1, 0.15) is 10.4 Å². The quantitative estimate of drug-likeness (QED) is 0.518. The average molecular weight is 349 g/mol. The van der Waals surface area contributed by atoms with Crippen LogP contribution >= 0.6 is 35.0 Å². The third kappa shape index (κ3) is 5.87. The molecule has 0 atom stereocenters. The second-order valence-corrected chi connectivity index (χ2v) is 5.83. The van der Waals surface area contributed by atoms with E-state index in [1.165, 1.54) is 12.1 Å². The lowest BCUT2D eigenvalue weighted by Crippen LogP contribution is -2.30. The minimum absolute atomic E-state index is 0.0446. The van der Waals surface area contributed by atoms with Crippen molar-refractivity contribution in [3.8, 4) is 0 Å². The molecule has 1 aromatic carbocycles. The first-order valence-electron chi connectivity index (χ1n) is 5.91. The maximum Gasteiger partial charge on any atom is 0.335 e. The molecule has 0 aliphatic carbocycles. The molecular formula is C13H14Cl2N2O3S. The molecule has 0 aromatic heterocycles. The number of benzene rings is 1. The Balaban J connectivity index is 2.60. The van der Waals surface area contributed by atoms with Gasteiger partial charge in [-0.25, -0.2) is 9.59 Å². The van der Waals surface area contributed by atoms with Crippen molar-refractivity contribution >= 4 is 52.7 Å². The van der Waals surface area contributed by atoms with Crippen LogP contribution < -0.4 is 10.6 Å². The van der Waals surface area contributed by atoms with E-state index in [1.54, 1.807) is 17.8 Å². The minimum Gasteiger partial charge on any atom is -0.478 e. The standard InChI is InChI=1S/C13H14Cl2N2O3S/c1-2-4-21-5-3-16-13(20)17-11-9(14)6-8(12(18)19)7-10(11)15/h2,6-7H,1,3-5H2,(H,18,19)(H2,16,17,20). The molecule has 5 nitrogen and oxygen atoms in total. The molecule has 21 heavy (non-hydrogen) atoms. The molecule has 0 radical (unpaired) electrons. The Kier molecular flexibility index (Phi) is 7.42. The van der Waals surface area contributed by atoms with E-state index in [0.717, 1.165) is 11.5 Å². The van der Waals surface area contributed by atoms with Gasteiger partial charge in [-0.3, -0.25) is 0 Å². The first kappa shape index (κ1) is 17.7. The first-order valence-corrected chi connectivity index (χ1v) is 7.82. The molecule has 0 aliphatic rings. The predicted octanol–water partition coefficient (Wildman–Crippen LogP) is 3.73. The third-order valence-corrected chi connectivity index (χ3v) is 3.86. The predicted molar refractivity (Wildman–Crippen MR) is 88.0 cm³/mol. The molecule has 2 amide bonds. The van der Waals surface area contributed by atoms with E-state index in [4.69, 9.17) is 28.3 Å². The van der Waals surface area contributed by atoms with Crippen LogP contribution in [0.3, 0.4) is 0 Å². The summed E-state index contributed by atoms with van der Waals surface area (Å²) in [6.07, 6.45) is 1.79. The van der Waals surface area contributed by atoms with E-state index in [-0.39, 0.29) is 21.3 Å². The number of rotatable bonds is 7. The van der Waals surface area contributed by atoms with Crippen LogP contribution in [-0.4, -0.2) is 35.2 Å². The van der Waals surface area contributed by atoms with Crippen molar-refractivity contribution < 1.29 is 14.7 Å². The van der Waals surface area contributed by atoms with E-state index in [1.807, 2.05) is 0 Å². The highest BCUT2D eigenvalue weighted by atomic mass is 35.5. The molecule has 8 heteroatoms. The van der Waals surface area contributed by atoms with Crippen LogP contribution in [-0.2, 0) is 0 Å². The summed E-state index contributed by atoms with van der Waals surface area (Å²) in [5.74, 6) is 0.422. The normalized spacial score (nSPS) is 10.0. The van der Waals surface area contributed by atoms with E-state index in [2.05, 4.69) is 17.2 Å². The average Bonchev–Trinajstić information content (AvgIpc) is 2.42. The summed E-state index contributed by atoms with van der Waals surface area (Å²) < 4.78 is 0. The fourth-order valence-electron chi connectivity index (χ4n) is 1.38.